The molecule has 0 radical (unpaired) electrons. The van der Waals surface area contributed by atoms with Crippen LogP contribution in [0.15, 0.2) is 30.3 Å². The number of hydrogen-bond acceptors (Lipinski definition) is 3. The molecule has 0 bridgehead atoms. The first-order valence-corrected chi connectivity index (χ1v) is 7.30. The van der Waals surface area contributed by atoms with Gasteiger partial charge in [0.1, 0.15) is 0 Å². The quantitative estimate of drug-likeness (QED) is 0.798. The molecule has 0 heterocycles. The molecule has 2 rings (SSSR count). The number of carbonyl (C=O) groups is 1. The van der Waals surface area contributed by atoms with Crippen LogP contribution in [0.2, 0.25) is 0 Å². The van der Waals surface area contributed by atoms with Crippen molar-refractivity contribution < 1.29 is 27.4 Å². The fraction of sp³-hybridized carbons (Fsp3) is 0.235. The van der Waals surface area contributed by atoms with E-state index in [0.717, 1.165) is 12.1 Å². The predicted molar refractivity (Wildman–Crippen MR) is 86.4 cm³/mol. The monoisotopic (exact) mass is 354 g/mol. The van der Waals surface area contributed by atoms with Gasteiger partial charge >= 0.3 is 6.03 Å². The molecule has 2 aromatic carbocycles. The second kappa shape index (κ2) is 7.78. The van der Waals surface area contributed by atoms with Gasteiger partial charge in [0.25, 0.3) is 0 Å². The van der Waals surface area contributed by atoms with Crippen LogP contribution in [0.25, 0.3) is 0 Å². The summed E-state index contributed by atoms with van der Waals surface area (Å²) in [6.07, 6.45) is 0. The largest absolute Gasteiger partial charge is 0.493 e. The highest BCUT2D eigenvalue weighted by molar-refractivity contribution is 5.89. The third-order valence-electron chi connectivity index (χ3n) is 3.54. The number of hydrogen-bond donors (Lipinski definition) is 2. The van der Waals surface area contributed by atoms with E-state index < -0.39 is 35.2 Å². The van der Waals surface area contributed by atoms with Gasteiger partial charge in [-0.1, -0.05) is 6.07 Å². The van der Waals surface area contributed by atoms with Crippen LogP contribution in [0, 0.1) is 17.5 Å². The first kappa shape index (κ1) is 18.4. The summed E-state index contributed by atoms with van der Waals surface area (Å²) in [6.45, 7) is 1.70. The van der Waals surface area contributed by atoms with Crippen LogP contribution in [0.4, 0.5) is 23.7 Å². The lowest BCUT2D eigenvalue weighted by Gasteiger charge is -2.17. The molecule has 0 aliphatic carbocycles. The molecule has 8 heteroatoms. The highest BCUT2D eigenvalue weighted by atomic mass is 19.2. The van der Waals surface area contributed by atoms with Gasteiger partial charge in [-0.15, -0.1) is 0 Å². The first-order valence-electron chi connectivity index (χ1n) is 7.30. The molecule has 0 aromatic heterocycles. The molecule has 0 saturated carbocycles. The van der Waals surface area contributed by atoms with Crippen molar-refractivity contribution in [3.05, 3.63) is 53.3 Å². The molecule has 2 aromatic rings. The van der Waals surface area contributed by atoms with Crippen molar-refractivity contribution in [3.63, 3.8) is 0 Å². The minimum atomic E-state index is -1.65. The molecule has 0 aliphatic heterocycles. The van der Waals surface area contributed by atoms with Gasteiger partial charge in [-0.3, -0.25) is 0 Å². The number of ether oxygens (including phenoxy) is 2. The van der Waals surface area contributed by atoms with Gasteiger partial charge in [-0.05, 0) is 36.8 Å². The van der Waals surface area contributed by atoms with E-state index in [1.54, 1.807) is 25.1 Å². The maximum absolute atomic E-state index is 13.6. The Bertz CT molecular complexity index is 784. The van der Waals surface area contributed by atoms with Crippen molar-refractivity contribution in [1.29, 1.82) is 0 Å². The molecule has 0 aliphatic rings. The Kier molecular flexibility index (Phi) is 5.74. The van der Waals surface area contributed by atoms with Crippen LogP contribution in [-0.2, 0) is 0 Å². The van der Waals surface area contributed by atoms with Crippen molar-refractivity contribution in [3.8, 4) is 11.5 Å². The summed E-state index contributed by atoms with van der Waals surface area (Å²) in [6, 6.07) is 5.52. The van der Waals surface area contributed by atoms with E-state index in [2.05, 4.69) is 10.6 Å². The van der Waals surface area contributed by atoms with Gasteiger partial charge < -0.3 is 20.1 Å². The van der Waals surface area contributed by atoms with Gasteiger partial charge in [-0.2, -0.15) is 0 Å². The van der Waals surface area contributed by atoms with Crippen molar-refractivity contribution in [2.45, 2.75) is 13.0 Å². The predicted octanol–water partition coefficient (Wildman–Crippen LogP) is 4.00. The Morgan fingerprint density at radius 3 is 2.32 bits per heavy atom. The highest BCUT2D eigenvalue weighted by Gasteiger charge is 2.17. The third-order valence-corrected chi connectivity index (χ3v) is 3.54. The summed E-state index contributed by atoms with van der Waals surface area (Å²) in [4.78, 5) is 12.0. The standard InChI is InChI=1S/C17H17F3N2O3/c1-9(10-4-7-13(24-2)14(8-10)25-3)21-17(23)22-12-6-5-11(18)15(19)16(12)20/h4-9H,1-3H3,(H2,21,22,23). The smallest absolute Gasteiger partial charge is 0.319 e. The van der Waals surface area contributed by atoms with E-state index >= 15 is 0 Å². The summed E-state index contributed by atoms with van der Waals surface area (Å²) in [5, 5.41) is 4.71. The second-order valence-electron chi connectivity index (χ2n) is 5.16. The minimum Gasteiger partial charge on any atom is -0.493 e. The Hall–Kier alpha value is -2.90. The minimum absolute atomic E-state index is 0.462. The molecule has 1 unspecified atom stereocenters. The molecule has 25 heavy (non-hydrogen) atoms. The fourth-order valence-corrected chi connectivity index (χ4v) is 2.18. The Balaban J connectivity index is 2.09. The zero-order valence-corrected chi connectivity index (χ0v) is 13.8. The van der Waals surface area contributed by atoms with E-state index in [1.807, 2.05) is 0 Å². The van der Waals surface area contributed by atoms with Crippen LogP contribution in [0.3, 0.4) is 0 Å². The number of carbonyl (C=O) groups excluding carboxylic acids is 1. The topological polar surface area (TPSA) is 59.6 Å². The van der Waals surface area contributed by atoms with Crippen molar-refractivity contribution >= 4 is 11.7 Å². The zero-order valence-electron chi connectivity index (χ0n) is 13.8. The van der Waals surface area contributed by atoms with Crippen molar-refractivity contribution in [1.82, 2.24) is 5.32 Å². The molecule has 2 N–H and O–H groups in total. The number of nitrogens with one attached hydrogen (secondary N) is 2. The second-order valence-corrected chi connectivity index (χ2v) is 5.16. The Morgan fingerprint density at radius 1 is 1.00 bits per heavy atom. The van der Waals surface area contributed by atoms with E-state index in [-0.39, 0.29) is 0 Å². The Morgan fingerprint density at radius 2 is 1.68 bits per heavy atom. The van der Waals surface area contributed by atoms with Crippen LogP contribution in [-0.4, -0.2) is 20.3 Å². The summed E-state index contributed by atoms with van der Waals surface area (Å²) >= 11 is 0. The molecular formula is C17H17F3N2O3. The van der Waals surface area contributed by atoms with Crippen LogP contribution < -0.4 is 20.1 Å². The molecule has 134 valence electrons. The highest BCUT2D eigenvalue weighted by Crippen LogP contribution is 2.30. The number of rotatable bonds is 5. The number of anilines is 1. The lowest BCUT2D eigenvalue weighted by atomic mass is 10.1. The molecule has 1 atom stereocenters. The fourth-order valence-electron chi connectivity index (χ4n) is 2.18. The maximum atomic E-state index is 13.6. The van der Waals surface area contributed by atoms with Crippen LogP contribution in [0.5, 0.6) is 11.5 Å². The van der Waals surface area contributed by atoms with Crippen LogP contribution in [0.1, 0.15) is 18.5 Å². The number of halogens is 3. The van der Waals surface area contributed by atoms with Crippen molar-refractivity contribution in [2.24, 2.45) is 0 Å². The van der Waals surface area contributed by atoms with Crippen LogP contribution >= 0.6 is 0 Å². The molecule has 0 fully saturated rings. The van der Waals surface area contributed by atoms with E-state index in [9.17, 15) is 18.0 Å². The van der Waals surface area contributed by atoms with E-state index in [1.165, 1.54) is 14.2 Å². The summed E-state index contributed by atoms with van der Waals surface area (Å²) in [5.74, 6) is -3.42. The van der Waals surface area contributed by atoms with Gasteiger partial charge in [0.15, 0.2) is 29.0 Å². The summed E-state index contributed by atoms with van der Waals surface area (Å²) in [5.41, 5.74) is 0.245. The third kappa shape index (κ3) is 4.14. The normalized spacial score (nSPS) is 11.6. The average Bonchev–Trinajstić information content (AvgIpc) is 2.61. The summed E-state index contributed by atoms with van der Waals surface area (Å²) in [7, 11) is 2.99. The average molecular weight is 354 g/mol. The first-order chi connectivity index (χ1) is 11.9. The van der Waals surface area contributed by atoms with Crippen molar-refractivity contribution in [2.75, 3.05) is 19.5 Å². The van der Waals surface area contributed by atoms with E-state index in [4.69, 9.17) is 9.47 Å². The number of methoxy groups -OCH3 is 2. The molecule has 0 saturated heterocycles. The van der Waals surface area contributed by atoms with Gasteiger partial charge in [0.2, 0.25) is 0 Å². The number of amides is 2. The molecule has 0 spiro atoms. The van der Waals surface area contributed by atoms with Gasteiger partial charge in [-0.25, -0.2) is 18.0 Å². The molecule has 2 amide bonds. The van der Waals surface area contributed by atoms with Gasteiger partial charge in [0, 0.05) is 0 Å². The maximum Gasteiger partial charge on any atom is 0.319 e. The zero-order chi connectivity index (χ0) is 18.6. The Labute approximate surface area is 142 Å². The molecule has 5 nitrogen and oxygen atoms in total. The van der Waals surface area contributed by atoms with E-state index in [0.29, 0.717) is 17.1 Å². The number of benzene rings is 2. The van der Waals surface area contributed by atoms with Gasteiger partial charge in [0.05, 0.1) is 25.9 Å². The summed E-state index contributed by atoms with van der Waals surface area (Å²) < 4.78 is 50.0. The number of urea groups is 1. The molecular weight excluding hydrogens is 337 g/mol. The SMILES string of the molecule is COc1ccc(C(C)NC(=O)Nc2ccc(F)c(F)c2F)cc1OC. The lowest BCUT2D eigenvalue weighted by Crippen LogP contribution is -2.31. The lowest BCUT2D eigenvalue weighted by molar-refractivity contribution is 0.249.